The lowest BCUT2D eigenvalue weighted by atomic mass is 10.4. The molecule has 0 amide bonds. The molecule has 2 aromatic heterocycles. The van der Waals surface area contributed by atoms with Crippen LogP contribution in [0.5, 0.6) is 0 Å². The van der Waals surface area contributed by atoms with Crippen LogP contribution in [0.2, 0.25) is 5.02 Å². The van der Waals surface area contributed by atoms with E-state index < -0.39 is 0 Å². The Kier molecular flexibility index (Phi) is 2.31. The minimum absolute atomic E-state index is 0.190. The Morgan fingerprint density at radius 1 is 1.59 bits per heavy atom. The van der Waals surface area contributed by atoms with E-state index >= 15 is 0 Å². The fraction of sp³-hybridized carbons (Fsp3) is 0.273. The van der Waals surface area contributed by atoms with Gasteiger partial charge in [-0.2, -0.15) is 0 Å². The van der Waals surface area contributed by atoms with E-state index in [1.54, 1.807) is 6.20 Å². The predicted octanol–water partition coefficient (Wildman–Crippen LogP) is 1.52. The largest absolute Gasteiger partial charge is 0.396 e. The molecule has 0 aliphatic heterocycles. The maximum Gasteiger partial charge on any atom is 0.151 e. The van der Waals surface area contributed by atoms with Crippen molar-refractivity contribution < 1.29 is 5.11 Å². The fourth-order valence-electron chi connectivity index (χ4n) is 1.90. The van der Waals surface area contributed by atoms with E-state index in [1.807, 2.05) is 10.8 Å². The van der Waals surface area contributed by atoms with Crippen molar-refractivity contribution in [1.29, 1.82) is 0 Å². The maximum atomic E-state index is 9.00. The Morgan fingerprint density at radius 3 is 3.12 bits per heavy atom. The highest BCUT2D eigenvalue weighted by molar-refractivity contribution is 6.36. The third-order valence-corrected chi connectivity index (χ3v) is 3.25. The van der Waals surface area contributed by atoms with Crippen LogP contribution in [-0.4, -0.2) is 26.2 Å². The number of aliphatic hydroxyl groups is 1. The second kappa shape index (κ2) is 3.72. The van der Waals surface area contributed by atoms with Crippen LogP contribution in [0.1, 0.15) is 6.42 Å². The van der Waals surface area contributed by atoms with Crippen LogP contribution >= 0.6 is 11.6 Å². The molecule has 5 nitrogen and oxygen atoms in total. The van der Waals surface area contributed by atoms with Crippen LogP contribution < -0.4 is 5.73 Å². The standard InChI is InChI=1S/C11H11ClN4O/c12-8-3-16(2-6-1-7(6)4-17)11-9(8)10(13)14-5-15-11/h2-3,5,7,17H,1,4H2,(H2,13,14,15)/b6-2-. The van der Waals surface area contributed by atoms with E-state index in [-0.39, 0.29) is 12.5 Å². The molecule has 3 N–H and O–H groups in total. The van der Waals surface area contributed by atoms with Crippen molar-refractivity contribution in [3.05, 3.63) is 23.1 Å². The monoisotopic (exact) mass is 250 g/mol. The molecule has 3 rings (SSSR count). The first-order valence-corrected chi connectivity index (χ1v) is 5.66. The van der Waals surface area contributed by atoms with Gasteiger partial charge in [-0.25, -0.2) is 9.97 Å². The van der Waals surface area contributed by atoms with Crippen LogP contribution in [-0.2, 0) is 0 Å². The van der Waals surface area contributed by atoms with E-state index in [2.05, 4.69) is 9.97 Å². The second-order valence-corrected chi connectivity index (χ2v) is 4.54. The molecule has 0 bridgehead atoms. The Bertz CT molecular complexity index is 619. The van der Waals surface area contributed by atoms with Gasteiger partial charge in [-0.1, -0.05) is 11.6 Å². The number of aliphatic hydroxyl groups excluding tert-OH is 1. The van der Waals surface area contributed by atoms with Gasteiger partial charge in [0.2, 0.25) is 0 Å². The summed E-state index contributed by atoms with van der Waals surface area (Å²) in [6.07, 6.45) is 6.05. The summed E-state index contributed by atoms with van der Waals surface area (Å²) in [6.45, 7) is 0.190. The van der Waals surface area contributed by atoms with Gasteiger partial charge in [-0.15, -0.1) is 0 Å². The van der Waals surface area contributed by atoms with Gasteiger partial charge < -0.3 is 15.4 Å². The van der Waals surface area contributed by atoms with Crippen molar-refractivity contribution in [2.24, 2.45) is 5.92 Å². The number of nitrogen functional groups attached to an aromatic ring is 1. The number of hydrogen-bond donors (Lipinski definition) is 2. The average molecular weight is 251 g/mol. The first kappa shape index (κ1) is 10.6. The smallest absolute Gasteiger partial charge is 0.151 e. The topological polar surface area (TPSA) is 77.0 Å². The third-order valence-electron chi connectivity index (χ3n) is 2.96. The van der Waals surface area contributed by atoms with Crippen LogP contribution in [0, 0.1) is 5.92 Å². The zero-order valence-corrected chi connectivity index (χ0v) is 9.72. The molecule has 6 heteroatoms. The van der Waals surface area contributed by atoms with E-state index in [0.717, 1.165) is 6.42 Å². The van der Waals surface area contributed by atoms with Crippen LogP contribution in [0.3, 0.4) is 0 Å². The van der Waals surface area contributed by atoms with E-state index in [4.69, 9.17) is 22.4 Å². The molecule has 0 radical (unpaired) electrons. The zero-order chi connectivity index (χ0) is 12.0. The molecule has 1 unspecified atom stereocenters. The number of halogens is 1. The highest BCUT2D eigenvalue weighted by Crippen LogP contribution is 2.38. The lowest BCUT2D eigenvalue weighted by Gasteiger charge is -1.97. The number of hydrogen-bond acceptors (Lipinski definition) is 4. The van der Waals surface area contributed by atoms with E-state index in [1.165, 1.54) is 11.9 Å². The van der Waals surface area contributed by atoms with Crippen molar-refractivity contribution >= 4 is 34.7 Å². The number of anilines is 1. The minimum atomic E-state index is 0.190. The van der Waals surface area contributed by atoms with Gasteiger partial charge in [-0.3, -0.25) is 0 Å². The third kappa shape index (κ3) is 1.67. The number of aromatic nitrogens is 3. The quantitative estimate of drug-likeness (QED) is 0.847. The zero-order valence-electron chi connectivity index (χ0n) is 8.97. The molecule has 88 valence electrons. The minimum Gasteiger partial charge on any atom is -0.396 e. The normalized spacial score (nSPS) is 21.3. The molecular weight excluding hydrogens is 240 g/mol. The summed E-state index contributed by atoms with van der Waals surface area (Å²) < 4.78 is 1.83. The number of fused-ring (bicyclic) bond motifs is 1. The van der Waals surface area contributed by atoms with E-state index in [9.17, 15) is 0 Å². The van der Waals surface area contributed by atoms with Crippen molar-refractivity contribution in [2.45, 2.75) is 6.42 Å². The summed E-state index contributed by atoms with van der Waals surface area (Å²) in [5.41, 5.74) is 7.65. The molecule has 2 heterocycles. The Hall–Kier alpha value is -1.59. The molecule has 1 aliphatic carbocycles. The number of rotatable bonds is 2. The molecule has 17 heavy (non-hydrogen) atoms. The van der Waals surface area contributed by atoms with Crippen LogP contribution in [0.4, 0.5) is 5.82 Å². The SMILES string of the molecule is Nc1ncnc2c1c(Cl)cn2/C=C1/CC1CO. The van der Waals surface area contributed by atoms with Gasteiger partial charge in [0.1, 0.15) is 12.1 Å². The van der Waals surface area contributed by atoms with Gasteiger partial charge in [0, 0.05) is 24.9 Å². The van der Waals surface area contributed by atoms with E-state index in [0.29, 0.717) is 21.9 Å². The molecule has 0 spiro atoms. The molecular formula is C11H11ClN4O. The Balaban J connectivity index is 2.13. The summed E-state index contributed by atoms with van der Waals surface area (Å²) in [5, 5.41) is 10.2. The lowest BCUT2D eigenvalue weighted by molar-refractivity contribution is 0.281. The van der Waals surface area contributed by atoms with Crippen LogP contribution in [0.15, 0.2) is 18.1 Å². The summed E-state index contributed by atoms with van der Waals surface area (Å²) in [6, 6.07) is 0. The highest BCUT2D eigenvalue weighted by atomic mass is 35.5. The van der Waals surface area contributed by atoms with Crippen molar-refractivity contribution in [3.63, 3.8) is 0 Å². The second-order valence-electron chi connectivity index (χ2n) is 4.13. The van der Waals surface area contributed by atoms with Crippen molar-refractivity contribution in [2.75, 3.05) is 12.3 Å². The molecule has 1 fully saturated rings. The molecule has 2 aromatic rings. The van der Waals surface area contributed by atoms with Crippen molar-refractivity contribution in [3.8, 4) is 0 Å². The van der Waals surface area contributed by atoms with Gasteiger partial charge in [-0.05, 0) is 12.0 Å². The average Bonchev–Trinajstić information content (AvgIpc) is 2.98. The van der Waals surface area contributed by atoms with Crippen LogP contribution in [0.25, 0.3) is 17.2 Å². The summed E-state index contributed by atoms with van der Waals surface area (Å²) in [7, 11) is 0. The fourth-order valence-corrected chi connectivity index (χ4v) is 2.19. The summed E-state index contributed by atoms with van der Waals surface area (Å²) >= 11 is 6.10. The maximum absolute atomic E-state index is 9.00. The van der Waals surface area contributed by atoms with Gasteiger partial charge in [0.15, 0.2) is 5.65 Å². The molecule has 1 saturated carbocycles. The molecule has 1 aliphatic rings. The predicted molar refractivity (Wildman–Crippen MR) is 66.4 cm³/mol. The summed E-state index contributed by atoms with van der Waals surface area (Å²) in [4.78, 5) is 8.09. The van der Waals surface area contributed by atoms with Gasteiger partial charge >= 0.3 is 0 Å². The van der Waals surface area contributed by atoms with Gasteiger partial charge in [0.05, 0.1) is 10.4 Å². The molecule has 0 saturated heterocycles. The van der Waals surface area contributed by atoms with Gasteiger partial charge in [0.25, 0.3) is 0 Å². The number of nitrogens with two attached hydrogens (primary N) is 1. The Morgan fingerprint density at radius 2 is 2.41 bits per heavy atom. The summed E-state index contributed by atoms with van der Waals surface area (Å²) in [5.74, 6) is 0.664. The number of nitrogens with zero attached hydrogens (tertiary/aromatic N) is 3. The van der Waals surface area contributed by atoms with Crippen molar-refractivity contribution in [1.82, 2.24) is 14.5 Å². The first-order chi connectivity index (χ1) is 8.20. The lowest BCUT2D eigenvalue weighted by Crippen LogP contribution is -1.94. The Labute approximate surface area is 103 Å². The highest BCUT2D eigenvalue weighted by Gasteiger charge is 2.29. The first-order valence-electron chi connectivity index (χ1n) is 5.28. The molecule has 1 atom stereocenters. The molecule has 0 aromatic carbocycles.